The van der Waals surface area contributed by atoms with Crippen molar-refractivity contribution in [3.8, 4) is 0 Å². The number of aliphatic hydroxyl groups is 1. The number of fused-ring (bicyclic) bond motifs is 3. The summed E-state index contributed by atoms with van der Waals surface area (Å²) < 4.78 is 10.7. The third kappa shape index (κ3) is 4.47. The summed E-state index contributed by atoms with van der Waals surface area (Å²) >= 11 is 0. The molecule has 8 atom stereocenters. The Hall–Kier alpha value is -2.19. The molecule has 0 bridgehead atoms. The molecule has 0 aromatic rings. The summed E-state index contributed by atoms with van der Waals surface area (Å²) in [5, 5.41) is 14.4. The maximum Gasteiger partial charge on any atom is 0.414 e. The summed E-state index contributed by atoms with van der Waals surface area (Å²) in [5.41, 5.74) is 1.05. The quantitative estimate of drug-likeness (QED) is 0.341. The van der Waals surface area contributed by atoms with Crippen molar-refractivity contribution in [1.82, 2.24) is 10.6 Å². The Labute approximate surface area is 195 Å². The summed E-state index contributed by atoms with van der Waals surface area (Å²) in [6.45, 7) is 10.9. The van der Waals surface area contributed by atoms with Crippen LogP contribution in [-0.2, 0) is 19.1 Å². The van der Waals surface area contributed by atoms with Crippen molar-refractivity contribution in [2.75, 3.05) is 13.2 Å². The van der Waals surface area contributed by atoms with Gasteiger partial charge in [0.1, 0.15) is 0 Å². The van der Waals surface area contributed by atoms with Crippen LogP contribution < -0.4 is 10.6 Å². The Kier molecular flexibility index (Phi) is 6.69. The molecule has 4 saturated carbocycles. The average molecular weight is 461 g/mol. The standard InChI is InChI=1S/C25H36N2O6/c1-13(2)21(28)26-23(30)32-9-7-15-5-6-17-18-11-16(25(18)12-19(25)20(15)17)8-10-33-24(31)27-22(29)14(3)4/h15-20,23,30H,1,3,5-12H2,2,4H3,(H,26,28)(H,27,29,31). The largest absolute Gasteiger partial charge is 0.449 e. The minimum absolute atomic E-state index is 0.275. The van der Waals surface area contributed by atoms with E-state index >= 15 is 0 Å². The van der Waals surface area contributed by atoms with Crippen molar-refractivity contribution < 1.29 is 29.0 Å². The summed E-state index contributed by atoms with van der Waals surface area (Å²) in [6.07, 6.45) is 4.71. The van der Waals surface area contributed by atoms with Gasteiger partial charge in [0.25, 0.3) is 5.91 Å². The minimum Gasteiger partial charge on any atom is -0.449 e. The highest BCUT2D eigenvalue weighted by molar-refractivity contribution is 6.01. The number of imide groups is 1. The number of amides is 3. The molecule has 0 heterocycles. The lowest BCUT2D eigenvalue weighted by molar-refractivity contribution is -0.145. The van der Waals surface area contributed by atoms with Gasteiger partial charge < -0.3 is 19.9 Å². The van der Waals surface area contributed by atoms with Crippen LogP contribution >= 0.6 is 0 Å². The third-order valence-electron chi connectivity index (χ3n) is 8.69. The zero-order valence-corrected chi connectivity index (χ0v) is 19.6. The lowest BCUT2D eigenvalue weighted by Gasteiger charge is -2.47. The number of rotatable bonds is 10. The number of nitrogens with one attached hydrogen (secondary N) is 2. The van der Waals surface area contributed by atoms with E-state index in [-0.39, 0.29) is 5.57 Å². The van der Waals surface area contributed by atoms with Gasteiger partial charge in [0.05, 0.1) is 13.2 Å². The average Bonchev–Trinajstić information content (AvgIpc) is 3.33. The summed E-state index contributed by atoms with van der Waals surface area (Å²) in [5.74, 6) is 3.34. The number of carbonyl (C=O) groups is 3. The van der Waals surface area contributed by atoms with Crippen LogP contribution in [0, 0.1) is 40.9 Å². The van der Waals surface area contributed by atoms with Gasteiger partial charge in [0.15, 0.2) is 0 Å². The fraction of sp³-hybridized carbons (Fsp3) is 0.720. The first-order valence-electron chi connectivity index (χ1n) is 12.0. The van der Waals surface area contributed by atoms with Gasteiger partial charge in [-0.3, -0.25) is 14.9 Å². The first-order chi connectivity index (χ1) is 15.6. The van der Waals surface area contributed by atoms with Crippen LogP contribution in [0.15, 0.2) is 24.3 Å². The molecule has 8 nitrogen and oxygen atoms in total. The molecule has 4 aliphatic rings. The van der Waals surface area contributed by atoms with Crippen molar-refractivity contribution in [2.45, 2.75) is 58.8 Å². The maximum atomic E-state index is 11.8. The fourth-order valence-electron chi connectivity index (χ4n) is 7.27. The highest BCUT2D eigenvalue weighted by Gasteiger charge is 2.79. The van der Waals surface area contributed by atoms with E-state index in [0.717, 1.165) is 36.5 Å². The molecule has 3 amide bonds. The molecule has 33 heavy (non-hydrogen) atoms. The van der Waals surface area contributed by atoms with Crippen LogP contribution in [0.25, 0.3) is 0 Å². The number of carbonyl (C=O) groups excluding carboxylic acids is 3. The molecule has 4 rings (SSSR count). The molecule has 8 unspecified atom stereocenters. The Balaban J connectivity index is 1.20. The Morgan fingerprint density at radius 1 is 1.06 bits per heavy atom. The van der Waals surface area contributed by atoms with Crippen LogP contribution in [-0.4, -0.2) is 42.6 Å². The summed E-state index contributed by atoms with van der Waals surface area (Å²) in [6, 6.07) is 0. The van der Waals surface area contributed by atoms with Gasteiger partial charge >= 0.3 is 6.09 Å². The van der Waals surface area contributed by atoms with E-state index in [1.54, 1.807) is 13.8 Å². The van der Waals surface area contributed by atoms with E-state index in [1.807, 2.05) is 0 Å². The van der Waals surface area contributed by atoms with E-state index in [2.05, 4.69) is 23.8 Å². The fourth-order valence-corrected chi connectivity index (χ4v) is 7.27. The van der Waals surface area contributed by atoms with Crippen molar-refractivity contribution in [2.24, 2.45) is 40.9 Å². The van der Waals surface area contributed by atoms with E-state index in [9.17, 15) is 19.5 Å². The third-order valence-corrected chi connectivity index (χ3v) is 8.69. The van der Waals surface area contributed by atoms with Crippen LogP contribution in [0.2, 0.25) is 0 Å². The van der Waals surface area contributed by atoms with E-state index in [4.69, 9.17) is 9.47 Å². The predicted octanol–water partition coefficient (Wildman–Crippen LogP) is 2.88. The Morgan fingerprint density at radius 3 is 2.48 bits per heavy atom. The van der Waals surface area contributed by atoms with E-state index in [1.165, 1.54) is 25.7 Å². The van der Waals surface area contributed by atoms with Crippen LogP contribution in [0.5, 0.6) is 0 Å². The van der Waals surface area contributed by atoms with Crippen LogP contribution in [0.4, 0.5) is 4.79 Å². The van der Waals surface area contributed by atoms with E-state index in [0.29, 0.717) is 36.0 Å². The molecule has 1 spiro atoms. The van der Waals surface area contributed by atoms with Gasteiger partial charge in [-0.2, -0.15) is 0 Å². The first kappa shape index (κ1) is 24.0. The predicted molar refractivity (Wildman–Crippen MR) is 120 cm³/mol. The number of aliphatic hydroxyl groups excluding tert-OH is 1. The molecule has 0 aromatic carbocycles. The van der Waals surface area contributed by atoms with Crippen molar-refractivity contribution >= 4 is 17.9 Å². The zero-order chi connectivity index (χ0) is 23.9. The van der Waals surface area contributed by atoms with Gasteiger partial charge in [0.2, 0.25) is 12.3 Å². The molecule has 3 N–H and O–H groups in total. The summed E-state index contributed by atoms with van der Waals surface area (Å²) in [4.78, 5) is 34.8. The Bertz CT molecular complexity index is 856. The zero-order valence-electron chi connectivity index (χ0n) is 19.6. The monoisotopic (exact) mass is 460 g/mol. The van der Waals surface area contributed by atoms with Gasteiger partial charge in [-0.05, 0) is 93.3 Å². The molecule has 8 heteroatoms. The second-order valence-electron chi connectivity index (χ2n) is 10.5. The normalized spacial score (nSPS) is 35.8. The number of ether oxygens (including phenoxy) is 2. The number of hydrogen-bond donors (Lipinski definition) is 3. The molecule has 4 fully saturated rings. The molecule has 0 saturated heterocycles. The van der Waals surface area contributed by atoms with Crippen molar-refractivity contribution in [3.63, 3.8) is 0 Å². The second kappa shape index (κ2) is 9.22. The lowest BCUT2D eigenvalue weighted by Crippen LogP contribution is -2.41. The minimum atomic E-state index is -1.30. The molecule has 182 valence electrons. The molecule has 0 aliphatic heterocycles. The van der Waals surface area contributed by atoms with Gasteiger partial charge in [0, 0.05) is 11.1 Å². The highest BCUT2D eigenvalue weighted by Crippen LogP contribution is 2.85. The van der Waals surface area contributed by atoms with Crippen molar-refractivity contribution in [1.29, 1.82) is 0 Å². The van der Waals surface area contributed by atoms with Crippen LogP contribution in [0.3, 0.4) is 0 Å². The van der Waals surface area contributed by atoms with Gasteiger partial charge in [-0.15, -0.1) is 0 Å². The SMILES string of the molecule is C=C(C)C(=O)NC(=O)OCCC1CC2C3CCC(CCOC(O)NC(=O)C(=C)C)C3C3CC123. The molecular formula is C25H36N2O6. The van der Waals surface area contributed by atoms with E-state index < -0.39 is 24.3 Å². The number of alkyl carbamates (subject to hydrolysis) is 1. The second-order valence-corrected chi connectivity index (χ2v) is 10.5. The molecular weight excluding hydrogens is 424 g/mol. The maximum absolute atomic E-state index is 11.8. The molecule has 4 aliphatic carbocycles. The topological polar surface area (TPSA) is 114 Å². The lowest BCUT2D eigenvalue weighted by atomic mass is 9.58. The van der Waals surface area contributed by atoms with Crippen LogP contribution in [0.1, 0.15) is 52.4 Å². The Morgan fingerprint density at radius 2 is 1.79 bits per heavy atom. The smallest absolute Gasteiger partial charge is 0.414 e. The molecule has 0 aromatic heterocycles. The van der Waals surface area contributed by atoms with Gasteiger partial charge in [-0.1, -0.05) is 13.2 Å². The number of hydrogen-bond acceptors (Lipinski definition) is 6. The summed E-state index contributed by atoms with van der Waals surface area (Å²) in [7, 11) is 0. The highest BCUT2D eigenvalue weighted by atomic mass is 16.6. The van der Waals surface area contributed by atoms with Crippen molar-refractivity contribution in [3.05, 3.63) is 24.3 Å². The molecule has 0 radical (unpaired) electrons. The first-order valence-corrected chi connectivity index (χ1v) is 12.0. The van der Waals surface area contributed by atoms with Gasteiger partial charge in [-0.25, -0.2) is 4.79 Å².